The SMILES string of the molecule is CC(=O)c1ccc(S(=O)(=O)Nc2oncc2-c2ccc(Cl)cc2)cc1. The highest BCUT2D eigenvalue weighted by Crippen LogP contribution is 2.30. The molecule has 128 valence electrons. The molecule has 0 unspecified atom stereocenters. The van der Waals surface area contributed by atoms with E-state index in [1.54, 1.807) is 24.3 Å². The zero-order valence-corrected chi connectivity index (χ0v) is 14.6. The molecule has 0 saturated carbocycles. The third kappa shape index (κ3) is 3.72. The second-order valence-corrected chi connectivity index (χ2v) is 7.38. The van der Waals surface area contributed by atoms with E-state index >= 15 is 0 Å². The maximum absolute atomic E-state index is 12.5. The molecule has 0 bridgehead atoms. The number of anilines is 1. The van der Waals surface area contributed by atoms with Gasteiger partial charge in [0.2, 0.25) is 5.88 Å². The molecule has 0 atom stereocenters. The second kappa shape index (κ2) is 6.70. The van der Waals surface area contributed by atoms with Gasteiger partial charge in [0.05, 0.1) is 16.7 Å². The van der Waals surface area contributed by atoms with Crippen molar-refractivity contribution in [3.63, 3.8) is 0 Å². The summed E-state index contributed by atoms with van der Waals surface area (Å²) in [6.45, 7) is 1.41. The summed E-state index contributed by atoms with van der Waals surface area (Å²) in [6, 6.07) is 12.5. The van der Waals surface area contributed by atoms with Gasteiger partial charge in [-0.3, -0.25) is 4.79 Å². The van der Waals surface area contributed by atoms with Gasteiger partial charge < -0.3 is 4.52 Å². The molecule has 0 amide bonds. The molecular weight excluding hydrogens is 364 g/mol. The number of nitrogens with zero attached hydrogens (tertiary/aromatic N) is 1. The summed E-state index contributed by atoms with van der Waals surface area (Å²) in [5, 5.41) is 4.22. The lowest BCUT2D eigenvalue weighted by Gasteiger charge is -2.07. The predicted octanol–water partition coefficient (Wildman–Crippen LogP) is 4.00. The molecule has 1 heterocycles. The maximum atomic E-state index is 12.5. The molecule has 1 aromatic heterocycles. The molecular formula is C17H13ClN2O4S. The van der Waals surface area contributed by atoms with E-state index in [9.17, 15) is 13.2 Å². The van der Waals surface area contributed by atoms with E-state index < -0.39 is 10.0 Å². The topological polar surface area (TPSA) is 89.3 Å². The van der Waals surface area contributed by atoms with Gasteiger partial charge in [0.1, 0.15) is 0 Å². The molecule has 0 spiro atoms. The highest BCUT2D eigenvalue weighted by Gasteiger charge is 2.20. The zero-order chi connectivity index (χ0) is 18.0. The Hall–Kier alpha value is -2.64. The first-order valence-corrected chi connectivity index (χ1v) is 9.07. The molecule has 8 heteroatoms. The monoisotopic (exact) mass is 376 g/mol. The number of hydrogen-bond acceptors (Lipinski definition) is 5. The number of hydrogen-bond donors (Lipinski definition) is 1. The number of carbonyl (C=O) groups is 1. The van der Waals surface area contributed by atoms with Gasteiger partial charge >= 0.3 is 0 Å². The van der Waals surface area contributed by atoms with Crippen molar-refractivity contribution in [1.82, 2.24) is 5.16 Å². The van der Waals surface area contributed by atoms with Crippen LogP contribution in [0.3, 0.4) is 0 Å². The number of Topliss-reactive ketones (excluding diaryl/α,β-unsaturated/α-hetero) is 1. The summed E-state index contributed by atoms with van der Waals surface area (Å²) >= 11 is 5.86. The van der Waals surface area contributed by atoms with Crippen molar-refractivity contribution < 1.29 is 17.7 Å². The van der Waals surface area contributed by atoms with Crippen LogP contribution < -0.4 is 4.72 Å². The molecule has 0 radical (unpaired) electrons. The van der Waals surface area contributed by atoms with E-state index in [4.69, 9.17) is 16.1 Å². The first-order chi connectivity index (χ1) is 11.9. The Kier molecular flexibility index (Phi) is 4.61. The Labute approximate surface area is 149 Å². The van der Waals surface area contributed by atoms with Gasteiger partial charge in [-0.15, -0.1) is 0 Å². The lowest BCUT2D eigenvalue weighted by molar-refractivity contribution is 0.101. The number of sulfonamides is 1. The van der Waals surface area contributed by atoms with Crippen LogP contribution in [0.2, 0.25) is 5.02 Å². The fraction of sp³-hybridized carbons (Fsp3) is 0.0588. The smallest absolute Gasteiger partial charge is 0.264 e. The first-order valence-electron chi connectivity index (χ1n) is 7.21. The largest absolute Gasteiger partial charge is 0.337 e. The van der Waals surface area contributed by atoms with E-state index in [0.29, 0.717) is 21.7 Å². The fourth-order valence-corrected chi connectivity index (χ4v) is 3.33. The Morgan fingerprint density at radius 1 is 1.08 bits per heavy atom. The Morgan fingerprint density at radius 3 is 2.32 bits per heavy atom. The Morgan fingerprint density at radius 2 is 1.72 bits per heavy atom. The van der Waals surface area contributed by atoms with Gasteiger partial charge in [0.15, 0.2) is 5.78 Å². The second-order valence-electron chi connectivity index (χ2n) is 5.26. The summed E-state index contributed by atoms with van der Waals surface area (Å²) in [4.78, 5) is 11.3. The van der Waals surface area contributed by atoms with Gasteiger partial charge in [-0.2, -0.15) is 0 Å². The van der Waals surface area contributed by atoms with Crippen molar-refractivity contribution >= 4 is 33.3 Å². The summed E-state index contributed by atoms with van der Waals surface area (Å²) in [7, 11) is -3.89. The van der Waals surface area contributed by atoms with Gasteiger partial charge in [0, 0.05) is 10.6 Å². The lowest BCUT2D eigenvalue weighted by Crippen LogP contribution is -2.13. The molecule has 6 nitrogen and oxygen atoms in total. The van der Waals surface area contributed by atoms with Crippen LogP contribution in [0.5, 0.6) is 0 Å². The zero-order valence-electron chi connectivity index (χ0n) is 13.1. The minimum atomic E-state index is -3.89. The van der Waals surface area contributed by atoms with Crippen molar-refractivity contribution in [3.8, 4) is 11.1 Å². The van der Waals surface area contributed by atoms with Crippen LogP contribution in [-0.2, 0) is 10.0 Å². The van der Waals surface area contributed by atoms with Crippen molar-refractivity contribution in [2.45, 2.75) is 11.8 Å². The van der Waals surface area contributed by atoms with E-state index in [-0.39, 0.29) is 16.6 Å². The standard InChI is InChI=1S/C17H13ClN2O4S/c1-11(21)12-4-8-15(9-5-12)25(22,23)20-17-16(10-19-24-17)13-2-6-14(18)7-3-13/h2-10,20H,1H3. The van der Waals surface area contributed by atoms with Crippen molar-refractivity contribution in [2.24, 2.45) is 0 Å². The highest BCUT2D eigenvalue weighted by molar-refractivity contribution is 7.92. The average molecular weight is 377 g/mol. The number of rotatable bonds is 5. The summed E-state index contributed by atoms with van der Waals surface area (Å²) in [6.07, 6.45) is 1.42. The minimum absolute atomic E-state index is 0.00188. The number of aromatic nitrogens is 1. The summed E-state index contributed by atoms with van der Waals surface area (Å²) < 4.78 is 32.4. The molecule has 0 aliphatic carbocycles. The molecule has 2 aromatic carbocycles. The molecule has 3 rings (SSSR count). The third-order valence-electron chi connectivity index (χ3n) is 3.52. The predicted molar refractivity (Wildman–Crippen MR) is 94.2 cm³/mol. The van der Waals surface area contributed by atoms with Crippen LogP contribution >= 0.6 is 11.6 Å². The van der Waals surface area contributed by atoms with Crippen LogP contribution in [0.15, 0.2) is 64.1 Å². The highest BCUT2D eigenvalue weighted by atomic mass is 35.5. The molecule has 25 heavy (non-hydrogen) atoms. The number of ketones is 1. The quantitative estimate of drug-likeness (QED) is 0.680. The number of benzene rings is 2. The Balaban J connectivity index is 1.90. The van der Waals surface area contributed by atoms with Gasteiger partial charge in [-0.25, -0.2) is 13.1 Å². The van der Waals surface area contributed by atoms with Crippen LogP contribution in [0.4, 0.5) is 5.88 Å². The van der Waals surface area contributed by atoms with Crippen LogP contribution in [0.1, 0.15) is 17.3 Å². The van der Waals surface area contributed by atoms with Gasteiger partial charge in [0.25, 0.3) is 10.0 Å². The minimum Gasteiger partial charge on any atom is -0.337 e. The first kappa shape index (κ1) is 17.2. The number of carbonyl (C=O) groups excluding carboxylic acids is 1. The molecule has 0 saturated heterocycles. The maximum Gasteiger partial charge on any atom is 0.264 e. The van der Waals surface area contributed by atoms with Crippen LogP contribution in [0, 0.1) is 0 Å². The molecule has 1 N–H and O–H groups in total. The van der Waals surface area contributed by atoms with E-state index in [1.165, 1.54) is 37.4 Å². The summed E-state index contributed by atoms with van der Waals surface area (Å²) in [5.41, 5.74) is 1.62. The van der Waals surface area contributed by atoms with Gasteiger partial charge in [-0.05, 0) is 36.8 Å². The molecule has 3 aromatic rings. The normalized spacial score (nSPS) is 11.3. The molecule has 0 aliphatic rings. The molecule has 0 fully saturated rings. The molecule has 0 aliphatic heterocycles. The summed E-state index contributed by atoms with van der Waals surface area (Å²) in [5.74, 6) is -0.143. The van der Waals surface area contributed by atoms with Crippen molar-refractivity contribution in [2.75, 3.05) is 4.72 Å². The number of halogens is 1. The third-order valence-corrected chi connectivity index (χ3v) is 5.12. The fourth-order valence-electron chi connectivity index (χ4n) is 2.20. The van der Waals surface area contributed by atoms with Crippen LogP contribution in [-0.4, -0.2) is 19.4 Å². The van der Waals surface area contributed by atoms with Gasteiger partial charge in [-0.1, -0.05) is 41.0 Å². The van der Waals surface area contributed by atoms with E-state index in [2.05, 4.69) is 9.88 Å². The number of nitrogens with one attached hydrogen (secondary N) is 1. The van der Waals surface area contributed by atoms with Crippen LogP contribution in [0.25, 0.3) is 11.1 Å². The van der Waals surface area contributed by atoms with Crippen molar-refractivity contribution in [3.05, 3.63) is 65.3 Å². The Bertz CT molecular complexity index is 1010. The van der Waals surface area contributed by atoms with E-state index in [0.717, 1.165) is 0 Å². The van der Waals surface area contributed by atoms with E-state index in [1.807, 2.05) is 0 Å². The van der Waals surface area contributed by atoms with Crippen molar-refractivity contribution in [1.29, 1.82) is 0 Å². The lowest BCUT2D eigenvalue weighted by atomic mass is 10.1. The average Bonchev–Trinajstić information content (AvgIpc) is 3.03.